The molecule has 1 aromatic heterocycles. The highest BCUT2D eigenvalue weighted by Gasteiger charge is 2.11. The zero-order valence-electron chi connectivity index (χ0n) is 12.8. The second-order valence-electron chi connectivity index (χ2n) is 5.33. The van der Waals surface area contributed by atoms with Crippen molar-refractivity contribution in [2.45, 2.75) is 39.7 Å². The Morgan fingerprint density at radius 3 is 2.68 bits per heavy atom. The van der Waals surface area contributed by atoms with Gasteiger partial charge in [0.2, 0.25) is 0 Å². The Kier molecular flexibility index (Phi) is 5.64. The lowest BCUT2D eigenvalue weighted by atomic mass is 10.1. The lowest BCUT2D eigenvalue weighted by Crippen LogP contribution is -2.08. The van der Waals surface area contributed by atoms with E-state index < -0.39 is 0 Å². The van der Waals surface area contributed by atoms with Crippen LogP contribution in [0.15, 0.2) is 24.3 Å². The highest BCUT2D eigenvalue weighted by atomic mass is 32.1. The molecule has 0 amide bonds. The van der Waals surface area contributed by atoms with Crippen LogP contribution in [0.2, 0.25) is 0 Å². The van der Waals surface area contributed by atoms with Gasteiger partial charge in [0, 0.05) is 6.54 Å². The van der Waals surface area contributed by atoms with Crippen LogP contribution in [-0.2, 0) is 6.54 Å². The maximum Gasteiger partial charge on any atom is 0.178 e. The van der Waals surface area contributed by atoms with Crippen LogP contribution >= 0.6 is 24.4 Å². The number of H-pyrrole nitrogens is 1. The number of hydrogen-bond donors (Lipinski definition) is 1. The first kappa shape index (κ1) is 16.6. The summed E-state index contributed by atoms with van der Waals surface area (Å²) in [4.78, 5) is 3.20. The highest BCUT2D eigenvalue weighted by Crippen LogP contribution is 2.23. The van der Waals surface area contributed by atoms with Gasteiger partial charge in [0.25, 0.3) is 0 Å². The predicted molar refractivity (Wildman–Crippen MR) is 94.9 cm³/mol. The lowest BCUT2D eigenvalue weighted by molar-refractivity contribution is 0.581. The molecule has 1 N–H and O–H groups in total. The molecular formula is C17H19N3S2. The van der Waals surface area contributed by atoms with Crippen molar-refractivity contribution in [1.29, 1.82) is 5.26 Å². The third-order valence-electron chi connectivity index (χ3n) is 3.59. The molecule has 0 aliphatic rings. The van der Waals surface area contributed by atoms with Crippen LogP contribution in [-0.4, -0.2) is 9.55 Å². The van der Waals surface area contributed by atoms with Crippen LogP contribution in [0, 0.1) is 27.7 Å². The molecule has 0 atom stereocenters. The molecule has 1 heterocycles. The number of aromatic amines is 1. The van der Waals surface area contributed by atoms with Gasteiger partial charge in [-0.15, -0.1) is 0 Å². The fourth-order valence-corrected chi connectivity index (χ4v) is 3.09. The number of unbranched alkanes of at least 4 members (excludes halogenated alkanes) is 2. The van der Waals surface area contributed by atoms with Crippen LogP contribution in [0.4, 0.5) is 0 Å². The average Bonchev–Trinajstić information content (AvgIpc) is 2.50. The summed E-state index contributed by atoms with van der Waals surface area (Å²) >= 11 is 11.0. The first-order valence-corrected chi connectivity index (χ1v) is 8.24. The van der Waals surface area contributed by atoms with Gasteiger partial charge in [0.15, 0.2) is 4.77 Å². The molecule has 5 heteroatoms. The normalized spacial score (nSPS) is 10.4. The fourth-order valence-electron chi connectivity index (χ4n) is 2.41. The molecule has 1 aromatic carbocycles. The van der Waals surface area contributed by atoms with Gasteiger partial charge in [-0.2, -0.15) is 5.26 Å². The second-order valence-corrected chi connectivity index (χ2v) is 6.10. The first-order valence-electron chi connectivity index (χ1n) is 7.42. The van der Waals surface area contributed by atoms with Crippen molar-refractivity contribution in [2.24, 2.45) is 0 Å². The molecular weight excluding hydrogens is 310 g/mol. The Labute approximate surface area is 141 Å². The molecule has 0 fully saturated rings. The van der Waals surface area contributed by atoms with E-state index >= 15 is 0 Å². The first-order chi connectivity index (χ1) is 10.6. The van der Waals surface area contributed by atoms with E-state index in [1.165, 1.54) is 0 Å². The Hall–Kier alpha value is -1.77. The number of nitrogens with zero attached hydrogens (tertiary/aromatic N) is 2. The standard InChI is InChI=1S/C17H19N3S2/c1-3-4-5-9-20-16(21)14(11-18)15(19-17(20)22)13-8-6-7-12(2)10-13/h6-8,10H,3-5,9H2,1-2H3,(H,19,22). The number of rotatable bonds is 5. The quantitative estimate of drug-likeness (QED) is 0.597. The van der Waals surface area contributed by atoms with Crippen LogP contribution in [0.5, 0.6) is 0 Å². The van der Waals surface area contributed by atoms with Gasteiger partial charge < -0.3 is 9.55 Å². The minimum absolute atomic E-state index is 0.491. The maximum absolute atomic E-state index is 9.53. The monoisotopic (exact) mass is 329 g/mol. The van der Waals surface area contributed by atoms with Crippen molar-refractivity contribution in [3.8, 4) is 17.3 Å². The van der Waals surface area contributed by atoms with Gasteiger partial charge in [-0.05, 0) is 37.2 Å². The van der Waals surface area contributed by atoms with Gasteiger partial charge in [-0.1, -0.05) is 55.7 Å². The number of nitriles is 1. The van der Waals surface area contributed by atoms with Crippen LogP contribution in [0.25, 0.3) is 11.3 Å². The molecule has 114 valence electrons. The van der Waals surface area contributed by atoms with E-state index in [0.29, 0.717) is 20.7 Å². The van der Waals surface area contributed by atoms with Crippen molar-refractivity contribution < 1.29 is 0 Å². The van der Waals surface area contributed by atoms with E-state index in [4.69, 9.17) is 24.4 Å². The third kappa shape index (κ3) is 3.52. The molecule has 3 nitrogen and oxygen atoms in total. The maximum atomic E-state index is 9.53. The molecule has 0 spiro atoms. The third-order valence-corrected chi connectivity index (χ3v) is 4.34. The second kappa shape index (κ2) is 7.48. The Morgan fingerprint density at radius 1 is 1.27 bits per heavy atom. The molecule has 0 aliphatic carbocycles. The van der Waals surface area contributed by atoms with Crippen LogP contribution in [0.3, 0.4) is 0 Å². The largest absolute Gasteiger partial charge is 0.331 e. The van der Waals surface area contributed by atoms with E-state index in [0.717, 1.165) is 36.9 Å². The van der Waals surface area contributed by atoms with E-state index in [1.807, 2.05) is 35.8 Å². The zero-order valence-corrected chi connectivity index (χ0v) is 14.5. The SMILES string of the molecule is CCCCCn1c(=S)[nH]c(-c2cccc(C)c2)c(C#N)c1=S. The molecule has 2 rings (SSSR count). The highest BCUT2D eigenvalue weighted by molar-refractivity contribution is 7.72. The van der Waals surface area contributed by atoms with Crippen molar-refractivity contribution in [3.63, 3.8) is 0 Å². The van der Waals surface area contributed by atoms with E-state index in [1.54, 1.807) is 0 Å². The zero-order chi connectivity index (χ0) is 16.1. The number of aryl methyl sites for hydroxylation is 1. The minimum atomic E-state index is 0.491. The van der Waals surface area contributed by atoms with Crippen LogP contribution < -0.4 is 0 Å². The summed E-state index contributed by atoms with van der Waals surface area (Å²) in [6.07, 6.45) is 3.27. The molecule has 22 heavy (non-hydrogen) atoms. The topological polar surface area (TPSA) is 44.5 Å². The van der Waals surface area contributed by atoms with Crippen molar-refractivity contribution in [1.82, 2.24) is 9.55 Å². The smallest absolute Gasteiger partial charge is 0.178 e. The van der Waals surface area contributed by atoms with Crippen molar-refractivity contribution >= 4 is 24.4 Å². The summed E-state index contributed by atoms with van der Waals surface area (Å²) < 4.78 is 2.97. The molecule has 0 bridgehead atoms. The van der Waals surface area contributed by atoms with E-state index in [-0.39, 0.29) is 0 Å². The summed E-state index contributed by atoms with van der Waals surface area (Å²) in [7, 11) is 0. The van der Waals surface area contributed by atoms with Gasteiger partial charge in [-0.3, -0.25) is 0 Å². The Bertz CT molecular complexity index is 825. The Morgan fingerprint density at radius 2 is 2.05 bits per heavy atom. The van der Waals surface area contributed by atoms with Gasteiger partial charge >= 0.3 is 0 Å². The van der Waals surface area contributed by atoms with Crippen LogP contribution in [0.1, 0.15) is 37.3 Å². The molecule has 0 saturated heterocycles. The van der Waals surface area contributed by atoms with Gasteiger partial charge in [-0.25, -0.2) is 0 Å². The van der Waals surface area contributed by atoms with Crippen molar-refractivity contribution in [2.75, 3.05) is 0 Å². The summed E-state index contributed by atoms with van der Waals surface area (Å²) in [5.74, 6) is 0. The summed E-state index contributed by atoms with van der Waals surface area (Å²) in [6, 6.07) is 10.2. The number of nitrogens with one attached hydrogen (secondary N) is 1. The van der Waals surface area contributed by atoms with Gasteiger partial charge in [0.1, 0.15) is 16.3 Å². The van der Waals surface area contributed by atoms with Crippen molar-refractivity contribution in [3.05, 3.63) is 44.8 Å². The van der Waals surface area contributed by atoms with Gasteiger partial charge in [0.05, 0.1) is 5.69 Å². The summed E-state index contributed by atoms with van der Waals surface area (Å²) in [6.45, 7) is 4.93. The lowest BCUT2D eigenvalue weighted by Gasteiger charge is -2.12. The number of benzene rings is 1. The van der Waals surface area contributed by atoms with E-state index in [2.05, 4.69) is 18.0 Å². The predicted octanol–water partition coefficient (Wildman–Crippen LogP) is 5.31. The minimum Gasteiger partial charge on any atom is -0.331 e. The summed E-state index contributed by atoms with van der Waals surface area (Å²) in [5, 5.41) is 9.53. The molecule has 0 saturated carbocycles. The molecule has 0 unspecified atom stereocenters. The number of aromatic nitrogens is 2. The molecule has 0 aliphatic heterocycles. The number of hydrogen-bond acceptors (Lipinski definition) is 3. The molecule has 0 radical (unpaired) electrons. The summed E-state index contributed by atoms with van der Waals surface area (Å²) in [5.41, 5.74) is 3.28. The molecule has 2 aromatic rings. The fraction of sp³-hybridized carbons (Fsp3) is 0.353. The Balaban J connectivity index is 2.57. The average molecular weight is 329 g/mol. The van der Waals surface area contributed by atoms with E-state index in [9.17, 15) is 5.26 Å².